The lowest BCUT2D eigenvalue weighted by molar-refractivity contribution is -0.131. The van der Waals surface area contributed by atoms with Gasteiger partial charge < -0.3 is 14.6 Å². The van der Waals surface area contributed by atoms with Crippen molar-refractivity contribution in [2.24, 2.45) is 0 Å². The van der Waals surface area contributed by atoms with Gasteiger partial charge in [-0.1, -0.05) is 32.3 Å². The fourth-order valence-electron chi connectivity index (χ4n) is 2.00. The predicted molar refractivity (Wildman–Crippen MR) is 83.5 cm³/mol. The van der Waals surface area contributed by atoms with Crippen molar-refractivity contribution in [3.05, 3.63) is 35.4 Å². The average molecular weight is 292 g/mol. The average Bonchev–Trinajstić information content (AvgIpc) is 2.48. The van der Waals surface area contributed by atoms with Gasteiger partial charge in [-0.25, -0.2) is 4.79 Å². The standard InChI is InChI=1S/C17H24O4/c1-3-4-5-6-11-21-13-15-12-14(8-10-17(18)19)7-9-16(15)20-2/h7-10,12H,3-6,11,13H2,1-2H3,(H,18,19). The summed E-state index contributed by atoms with van der Waals surface area (Å²) < 4.78 is 11.0. The van der Waals surface area contributed by atoms with Gasteiger partial charge in [-0.15, -0.1) is 0 Å². The van der Waals surface area contributed by atoms with Crippen LogP contribution in [0.4, 0.5) is 0 Å². The fraction of sp³-hybridized carbons (Fsp3) is 0.471. The van der Waals surface area contributed by atoms with Crippen LogP contribution in [0.1, 0.15) is 43.7 Å². The summed E-state index contributed by atoms with van der Waals surface area (Å²) in [5, 5.41) is 8.65. The molecule has 0 aliphatic heterocycles. The molecule has 0 radical (unpaired) electrons. The molecule has 1 N–H and O–H groups in total. The van der Waals surface area contributed by atoms with E-state index in [-0.39, 0.29) is 0 Å². The topological polar surface area (TPSA) is 55.8 Å². The predicted octanol–water partition coefficient (Wildman–Crippen LogP) is 3.89. The molecule has 4 nitrogen and oxygen atoms in total. The van der Waals surface area contributed by atoms with Crippen molar-refractivity contribution in [1.29, 1.82) is 0 Å². The molecule has 0 fully saturated rings. The molecule has 116 valence electrons. The van der Waals surface area contributed by atoms with Gasteiger partial charge in [-0.2, -0.15) is 0 Å². The molecule has 0 atom stereocenters. The molecule has 0 unspecified atom stereocenters. The summed E-state index contributed by atoms with van der Waals surface area (Å²) in [4.78, 5) is 10.5. The van der Waals surface area contributed by atoms with E-state index in [0.717, 1.165) is 36.0 Å². The number of hydrogen-bond acceptors (Lipinski definition) is 3. The van der Waals surface area contributed by atoms with Crippen molar-refractivity contribution in [2.75, 3.05) is 13.7 Å². The van der Waals surface area contributed by atoms with Crippen LogP contribution in [-0.4, -0.2) is 24.8 Å². The van der Waals surface area contributed by atoms with E-state index in [4.69, 9.17) is 14.6 Å². The monoisotopic (exact) mass is 292 g/mol. The SMILES string of the molecule is CCCCCCOCc1cc(C=CC(=O)O)ccc1OC. The Hall–Kier alpha value is -1.81. The molecule has 0 spiro atoms. The van der Waals surface area contributed by atoms with Gasteiger partial charge in [0.15, 0.2) is 0 Å². The van der Waals surface area contributed by atoms with E-state index in [1.54, 1.807) is 13.2 Å². The molecule has 0 heterocycles. The Bertz CT molecular complexity index is 466. The van der Waals surface area contributed by atoms with Crippen LogP contribution in [0, 0.1) is 0 Å². The van der Waals surface area contributed by atoms with E-state index in [9.17, 15) is 4.79 Å². The van der Waals surface area contributed by atoms with Crippen LogP contribution in [0.3, 0.4) is 0 Å². The third-order valence-corrected chi connectivity index (χ3v) is 3.12. The first-order valence-corrected chi connectivity index (χ1v) is 7.33. The molecule has 4 heteroatoms. The first kappa shape index (κ1) is 17.2. The number of methoxy groups -OCH3 is 1. The van der Waals surface area contributed by atoms with Crippen molar-refractivity contribution in [2.45, 2.75) is 39.2 Å². The highest BCUT2D eigenvalue weighted by molar-refractivity contribution is 5.85. The number of carboxylic acid groups (broad SMARTS) is 1. The lowest BCUT2D eigenvalue weighted by Gasteiger charge is -2.10. The van der Waals surface area contributed by atoms with Gasteiger partial charge >= 0.3 is 5.97 Å². The summed E-state index contributed by atoms with van der Waals surface area (Å²) in [7, 11) is 1.62. The zero-order valence-corrected chi connectivity index (χ0v) is 12.8. The molecule has 0 amide bonds. The Morgan fingerprint density at radius 1 is 1.29 bits per heavy atom. The maximum Gasteiger partial charge on any atom is 0.328 e. The van der Waals surface area contributed by atoms with E-state index in [2.05, 4.69) is 6.92 Å². The van der Waals surface area contributed by atoms with Gasteiger partial charge in [-0.05, 0) is 30.2 Å². The first-order valence-electron chi connectivity index (χ1n) is 7.33. The quantitative estimate of drug-likeness (QED) is 0.525. The minimum absolute atomic E-state index is 0.476. The summed E-state index contributed by atoms with van der Waals surface area (Å²) in [6, 6.07) is 5.55. The maximum atomic E-state index is 10.5. The van der Waals surface area contributed by atoms with E-state index in [1.807, 2.05) is 18.2 Å². The second-order valence-corrected chi connectivity index (χ2v) is 4.86. The maximum absolute atomic E-state index is 10.5. The molecule has 1 aromatic carbocycles. The van der Waals surface area contributed by atoms with Crippen LogP contribution in [0.5, 0.6) is 5.75 Å². The highest BCUT2D eigenvalue weighted by atomic mass is 16.5. The summed E-state index contributed by atoms with van der Waals surface area (Å²) in [5.41, 5.74) is 1.75. The number of hydrogen-bond donors (Lipinski definition) is 1. The van der Waals surface area contributed by atoms with E-state index in [1.165, 1.54) is 19.3 Å². The van der Waals surface area contributed by atoms with Crippen LogP contribution < -0.4 is 4.74 Å². The first-order chi connectivity index (χ1) is 10.2. The van der Waals surface area contributed by atoms with Gasteiger partial charge in [0.1, 0.15) is 5.75 Å². The molecule has 0 aliphatic carbocycles. The highest BCUT2D eigenvalue weighted by Crippen LogP contribution is 2.21. The second kappa shape index (κ2) is 10.00. The summed E-state index contributed by atoms with van der Waals surface area (Å²) >= 11 is 0. The Balaban J connectivity index is 2.57. The molecule has 21 heavy (non-hydrogen) atoms. The molecule has 0 saturated heterocycles. The van der Waals surface area contributed by atoms with E-state index >= 15 is 0 Å². The largest absolute Gasteiger partial charge is 0.496 e. The molecule has 0 bridgehead atoms. The molecular weight excluding hydrogens is 268 g/mol. The van der Waals surface area contributed by atoms with Crippen molar-refractivity contribution >= 4 is 12.0 Å². The molecule has 1 aromatic rings. The Morgan fingerprint density at radius 2 is 2.10 bits per heavy atom. The molecular formula is C17H24O4. The minimum Gasteiger partial charge on any atom is -0.496 e. The lowest BCUT2D eigenvalue weighted by atomic mass is 10.1. The smallest absolute Gasteiger partial charge is 0.328 e. The van der Waals surface area contributed by atoms with Crippen LogP contribution in [0.15, 0.2) is 24.3 Å². The Morgan fingerprint density at radius 3 is 2.76 bits per heavy atom. The zero-order chi connectivity index (χ0) is 15.5. The van der Waals surface area contributed by atoms with Crippen LogP contribution >= 0.6 is 0 Å². The number of unbranched alkanes of at least 4 members (excludes halogenated alkanes) is 3. The van der Waals surface area contributed by atoms with Crippen molar-refractivity contribution in [3.63, 3.8) is 0 Å². The lowest BCUT2D eigenvalue weighted by Crippen LogP contribution is -1.99. The number of carbonyl (C=O) groups is 1. The third kappa shape index (κ3) is 6.95. The number of benzene rings is 1. The number of carboxylic acids is 1. The zero-order valence-electron chi connectivity index (χ0n) is 12.8. The fourth-order valence-corrected chi connectivity index (χ4v) is 2.00. The van der Waals surface area contributed by atoms with Crippen LogP contribution in [-0.2, 0) is 16.1 Å². The van der Waals surface area contributed by atoms with Gasteiger partial charge in [0, 0.05) is 18.2 Å². The molecule has 0 aromatic heterocycles. The molecule has 1 rings (SSSR count). The van der Waals surface area contributed by atoms with Crippen LogP contribution in [0.2, 0.25) is 0 Å². The summed E-state index contributed by atoms with van der Waals surface area (Å²) in [6.45, 7) is 3.39. The third-order valence-electron chi connectivity index (χ3n) is 3.12. The normalized spacial score (nSPS) is 11.0. The van der Waals surface area contributed by atoms with E-state index in [0.29, 0.717) is 6.61 Å². The summed E-state index contributed by atoms with van der Waals surface area (Å²) in [5.74, 6) is -0.199. The van der Waals surface area contributed by atoms with Crippen LogP contribution in [0.25, 0.3) is 6.08 Å². The van der Waals surface area contributed by atoms with Gasteiger partial charge in [0.05, 0.1) is 13.7 Å². The molecule has 0 saturated carbocycles. The van der Waals surface area contributed by atoms with Gasteiger partial charge in [0.25, 0.3) is 0 Å². The minimum atomic E-state index is -0.959. The van der Waals surface area contributed by atoms with E-state index < -0.39 is 5.97 Å². The van der Waals surface area contributed by atoms with Crippen molar-refractivity contribution in [3.8, 4) is 5.75 Å². The van der Waals surface area contributed by atoms with Gasteiger partial charge in [0.2, 0.25) is 0 Å². The highest BCUT2D eigenvalue weighted by Gasteiger charge is 2.04. The Labute approximate surface area is 126 Å². The number of ether oxygens (including phenoxy) is 2. The second-order valence-electron chi connectivity index (χ2n) is 4.86. The Kier molecular flexibility index (Phi) is 8.21. The molecule has 0 aliphatic rings. The summed E-state index contributed by atoms with van der Waals surface area (Å²) in [6.07, 6.45) is 7.39. The number of rotatable bonds is 10. The number of aliphatic carboxylic acids is 1. The van der Waals surface area contributed by atoms with Crippen molar-refractivity contribution in [1.82, 2.24) is 0 Å². The van der Waals surface area contributed by atoms with Gasteiger partial charge in [-0.3, -0.25) is 0 Å². The van der Waals surface area contributed by atoms with Crippen molar-refractivity contribution < 1.29 is 19.4 Å².